The summed E-state index contributed by atoms with van der Waals surface area (Å²) in [5.74, 6) is -1.45. The van der Waals surface area contributed by atoms with Gasteiger partial charge in [0, 0.05) is 31.4 Å². The lowest BCUT2D eigenvalue weighted by atomic mass is 9.87. The van der Waals surface area contributed by atoms with Crippen LogP contribution in [0.5, 0.6) is 5.75 Å². The molecule has 126 valence electrons. The average Bonchev–Trinajstić information content (AvgIpc) is 2.52. The van der Waals surface area contributed by atoms with E-state index < -0.39 is 5.92 Å². The van der Waals surface area contributed by atoms with Crippen LogP contribution in [0, 0.1) is 5.92 Å². The van der Waals surface area contributed by atoms with Gasteiger partial charge in [0.1, 0.15) is 5.75 Å². The molecule has 1 saturated carbocycles. The van der Waals surface area contributed by atoms with Crippen molar-refractivity contribution in [2.45, 2.75) is 44.1 Å². The lowest BCUT2D eigenvalue weighted by Crippen LogP contribution is -2.38. The Morgan fingerprint density at radius 3 is 3.00 bits per heavy atom. The summed E-state index contributed by atoms with van der Waals surface area (Å²) in [6.45, 7) is 0.982. The summed E-state index contributed by atoms with van der Waals surface area (Å²) >= 11 is 0. The molecule has 1 aliphatic carbocycles. The number of guanidine groups is 1. The van der Waals surface area contributed by atoms with E-state index in [9.17, 15) is 8.78 Å². The molecular weight excluding hydrogens is 300 g/mol. The summed E-state index contributed by atoms with van der Waals surface area (Å²) in [5, 5.41) is 3.20. The van der Waals surface area contributed by atoms with Crippen molar-refractivity contribution < 1.29 is 13.5 Å². The summed E-state index contributed by atoms with van der Waals surface area (Å²) in [5.41, 5.74) is 7.01. The first-order chi connectivity index (χ1) is 11.0. The van der Waals surface area contributed by atoms with Gasteiger partial charge in [-0.2, -0.15) is 0 Å². The quantitative estimate of drug-likeness (QED) is 0.663. The maximum absolute atomic E-state index is 13.4. The van der Waals surface area contributed by atoms with Crippen LogP contribution in [0.15, 0.2) is 29.3 Å². The van der Waals surface area contributed by atoms with Crippen molar-refractivity contribution >= 4 is 5.96 Å². The summed E-state index contributed by atoms with van der Waals surface area (Å²) < 4.78 is 32.4. The SMILES string of the molecule is NC(=NCC1CCCC(F)(F)C1)NC1CCOc2ccccc21. The largest absolute Gasteiger partial charge is 0.493 e. The molecule has 0 spiro atoms. The van der Waals surface area contributed by atoms with Gasteiger partial charge in [0.2, 0.25) is 5.92 Å². The van der Waals surface area contributed by atoms with E-state index in [1.54, 1.807) is 0 Å². The number of para-hydroxylation sites is 1. The first kappa shape index (κ1) is 16.0. The van der Waals surface area contributed by atoms with Crippen molar-refractivity contribution in [3.05, 3.63) is 29.8 Å². The Kier molecular flexibility index (Phi) is 4.68. The van der Waals surface area contributed by atoms with Crippen LogP contribution in [0.25, 0.3) is 0 Å². The predicted molar refractivity (Wildman–Crippen MR) is 85.8 cm³/mol. The van der Waals surface area contributed by atoms with Crippen molar-refractivity contribution in [2.75, 3.05) is 13.2 Å². The molecule has 1 aromatic carbocycles. The number of aliphatic imine (C=N–C) groups is 1. The second-order valence-corrected chi connectivity index (χ2v) is 6.42. The number of nitrogens with one attached hydrogen (secondary N) is 1. The summed E-state index contributed by atoms with van der Waals surface area (Å²) in [7, 11) is 0. The molecule has 1 heterocycles. The fourth-order valence-corrected chi connectivity index (χ4v) is 3.38. The van der Waals surface area contributed by atoms with Gasteiger partial charge in [-0.3, -0.25) is 4.99 Å². The van der Waals surface area contributed by atoms with Gasteiger partial charge < -0.3 is 15.8 Å². The van der Waals surface area contributed by atoms with E-state index >= 15 is 0 Å². The molecule has 3 rings (SSSR count). The number of alkyl halides is 2. The van der Waals surface area contributed by atoms with Gasteiger partial charge in [0.15, 0.2) is 5.96 Å². The Morgan fingerprint density at radius 1 is 1.35 bits per heavy atom. The minimum absolute atomic E-state index is 0.000194. The number of ether oxygens (including phenoxy) is 1. The Bertz CT molecular complexity index is 577. The molecule has 1 fully saturated rings. The molecule has 0 amide bonds. The van der Waals surface area contributed by atoms with Crippen LogP contribution in [0.4, 0.5) is 8.78 Å². The van der Waals surface area contributed by atoms with Crippen LogP contribution >= 0.6 is 0 Å². The molecule has 0 saturated heterocycles. The first-order valence-electron chi connectivity index (χ1n) is 8.19. The van der Waals surface area contributed by atoms with Crippen molar-refractivity contribution in [1.82, 2.24) is 5.32 Å². The van der Waals surface area contributed by atoms with Gasteiger partial charge in [0.25, 0.3) is 0 Å². The topological polar surface area (TPSA) is 59.6 Å². The van der Waals surface area contributed by atoms with Crippen molar-refractivity contribution in [3.63, 3.8) is 0 Å². The third-order valence-corrected chi connectivity index (χ3v) is 4.54. The highest BCUT2D eigenvalue weighted by Gasteiger charge is 2.36. The van der Waals surface area contributed by atoms with Crippen LogP contribution in [-0.4, -0.2) is 25.0 Å². The van der Waals surface area contributed by atoms with Gasteiger partial charge in [-0.1, -0.05) is 18.2 Å². The third-order valence-electron chi connectivity index (χ3n) is 4.54. The van der Waals surface area contributed by atoms with Crippen LogP contribution in [0.3, 0.4) is 0 Å². The second-order valence-electron chi connectivity index (χ2n) is 6.42. The summed E-state index contributed by atoms with van der Waals surface area (Å²) in [4.78, 5) is 4.29. The third kappa shape index (κ3) is 4.12. The maximum atomic E-state index is 13.4. The highest BCUT2D eigenvalue weighted by atomic mass is 19.3. The number of hydrogen-bond donors (Lipinski definition) is 2. The monoisotopic (exact) mass is 323 g/mol. The molecule has 0 bridgehead atoms. The lowest BCUT2D eigenvalue weighted by Gasteiger charge is -2.28. The zero-order valence-electron chi connectivity index (χ0n) is 13.1. The molecule has 2 unspecified atom stereocenters. The van der Waals surface area contributed by atoms with Gasteiger partial charge in [-0.15, -0.1) is 0 Å². The number of hydrogen-bond acceptors (Lipinski definition) is 2. The Labute approximate surface area is 135 Å². The maximum Gasteiger partial charge on any atom is 0.248 e. The van der Waals surface area contributed by atoms with Crippen LogP contribution in [0.2, 0.25) is 0 Å². The zero-order chi connectivity index (χ0) is 16.3. The average molecular weight is 323 g/mol. The Hall–Kier alpha value is -1.85. The van der Waals surface area contributed by atoms with Crippen molar-refractivity contribution in [3.8, 4) is 5.75 Å². The van der Waals surface area contributed by atoms with E-state index in [1.165, 1.54) is 0 Å². The molecule has 23 heavy (non-hydrogen) atoms. The smallest absolute Gasteiger partial charge is 0.248 e. The van der Waals surface area contributed by atoms with Crippen molar-refractivity contribution in [2.24, 2.45) is 16.6 Å². The van der Waals surface area contributed by atoms with E-state index in [4.69, 9.17) is 10.5 Å². The fraction of sp³-hybridized carbons (Fsp3) is 0.588. The standard InChI is InChI=1S/C17H23F2N3O/c18-17(19)8-3-4-12(10-17)11-21-16(20)22-14-7-9-23-15-6-2-1-5-13(14)15/h1-2,5-6,12,14H,3-4,7-11H2,(H3,20,21,22). The van der Waals surface area contributed by atoms with E-state index in [0.717, 1.165) is 24.2 Å². The summed E-state index contributed by atoms with van der Waals surface area (Å²) in [6, 6.07) is 7.88. The number of benzene rings is 1. The van der Waals surface area contributed by atoms with Crippen LogP contribution in [0.1, 0.15) is 43.7 Å². The number of nitrogens with zero attached hydrogens (tertiary/aromatic N) is 1. The lowest BCUT2D eigenvalue weighted by molar-refractivity contribution is -0.0508. The number of fused-ring (bicyclic) bond motifs is 1. The van der Waals surface area contributed by atoms with Gasteiger partial charge in [0.05, 0.1) is 12.6 Å². The molecule has 1 aliphatic heterocycles. The molecule has 2 atom stereocenters. The highest BCUT2D eigenvalue weighted by molar-refractivity contribution is 5.78. The zero-order valence-corrected chi connectivity index (χ0v) is 13.1. The van der Waals surface area contributed by atoms with E-state index in [1.807, 2.05) is 24.3 Å². The van der Waals surface area contributed by atoms with Gasteiger partial charge in [-0.05, 0) is 24.8 Å². The predicted octanol–water partition coefficient (Wildman–Crippen LogP) is 3.24. The minimum Gasteiger partial charge on any atom is -0.493 e. The van der Waals surface area contributed by atoms with E-state index in [2.05, 4.69) is 10.3 Å². The first-order valence-corrected chi connectivity index (χ1v) is 8.19. The second kappa shape index (κ2) is 6.72. The Balaban J connectivity index is 1.58. The number of rotatable bonds is 3. The molecule has 0 aromatic heterocycles. The molecule has 1 aromatic rings. The van der Waals surface area contributed by atoms with E-state index in [-0.39, 0.29) is 24.8 Å². The van der Waals surface area contributed by atoms with Gasteiger partial charge in [-0.25, -0.2) is 8.78 Å². The van der Waals surface area contributed by atoms with Crippen LogP contribution in [-0.2, 0) is 0 Å². The molecular formula is C17H23F2N3O. The fourth-order valence-electron chi connectivity index (χ4n) is 3.38. The van der Waals surface area contributed by atoms with E-state index in [0.29, 0.717) is 25.5 Å². The van der Waals surface area contributed by atoms with Gasteiger partial charge >= 0.3 is 0 Å². The normalized spacial score (nSPS) is 27.0. The Morgan fingerprint density at radius 2 is 2.17 bits per heavy atom. The highest BCUT2D eigenvalue weighted by Crippen LogP contribution is 2.36. The number of nitrogens with two attached hydrogens (primary N) is 1. The van der Waals surface area contributed by atoms with Crippen molar-refractivity contribution in [1.29, 1.82) is 0 Å². The molecule has 4 nitrogen and oxygen atoms in total. The molecule has 0 radical (unpaired) electrons. The molecule has 2 aliphatic rings. The number of halogens is 2. The van der Waals surface area contributed by atoms with Crippen LogP contribution < -0.4 is 15.8 Å². The minimum atomic E-state index is -2.54. The molecule has 6 heteroatoms. The summed E-state index contributed by atoms with van der Waals surface area (Å²) in [6.07, 6.45) is 2.08. The molecule has 3 N–H and O–H groups in total.